The first kappa shape index (κ1) is 18.0. The molecule has 2 aliphatic rings. The van der Waals surface area contributed by atoms with Gasteiger partial charge in [-0.1, -0.05) is 12.8 Å². The van der Waals surface area contributed by atoms with Crippen molar-refractivity contribution >= 4 is 11.8 Å². The van der Waals surface area contributed by atoms with Crippen molar-refractivity contribution in [2.45, 2.75) is 64.1 Å². The van der Waals surface area contributed by atoms with E-state index >= 15 is 0 Å². The van der Waals surface area contributed by atoms with Crippen molar-refractivity contribution in [1.82, 2.24) is 15.1 Å². The quantitative estimate of drug-likeness (QED) is 0.886. The van der Waals surface area contributed by atoms with Crippen LogP contribution in [0.3, 0.4) is 0 Å². The standard InChI is InChI=1S/C19H29N3O3/c1-15(21-10-4-2-3-5-11-21)19(24)22-12-6-9-17(22)18(23)20-14-16-8-7-13-25-16/h7-8,13,15,17H,2-6,9-12,14H2,1H3,(H,20,23)/t15-,17+/m0/s1. The third-order valence-electron chi connectivity index (χ3n) is 5.40. The molecule has 6 nitrogen and oxygen atoms in total. The number of nitrogens with one attached hydrogen (secondary N) is 1. The number of hydrogen-bond acceptors (Lipinski definition) is 4. The van der Waals surface area contributed by atoms with Gasteiger partial charge in [-0.15, -0.1) is 0 Å². The number of amides is 2. The minimum Gasteiger partial charge on any atom is -0.467 e. The molecule has 6 heteroatoms. The molecule has 25 heavy (non-hydrogen) atoms. The van der Waals surface area contributed by atoms with Crippen molar-refractivity contribution in [1.29, 1.82) is 0 Å². The maximum Gasteiger partial charge on any atom is 0.243 e. The normalized spacial score (nSPS) is 23.2. The maximum absolute atomic E-state index is 13.0. The Hall–Kier alpha value is -1.82. The van der Waals surface area contributed by atoms with Crippen LogP contribution in [0.5, 0.6) is 0 Å². The smallest absolute Gasteiger partial charge is 0.243 e. The molecule has 1 aromatic rings. The van der Waals surface area contributed by atoms with Gasteiger partial charge in [0.25, 0.3) is 0 Å². The molecule has 3 heterocycles. The van der Waals surface area contributed by atoms with E-state index in [1.807, 2.05) is 13.0 Å². The Kier molecular flexibility index (Phi) is 6.13. The minimum atomic E-state index is -0.350. The van der Waals surface area contributed by atoms with Gasteiger partial charge in [-0.3, -0.25) is 14.5 Å². The molecule has 0 bridgehead atoms. The highest BCUT2D eigenvalue weighted by molar-refractivity contribution is 5.90. The first-order valence-corrected chi connectivity index (χ1v) is 9.51. The van der Waals surface area contributed by atoms with Crippen molar-refractivity contribution in [2.75, 3.05) is 19.6 Å². The zero-order valence-corrected chi connectivity index (χ0v) is 15.1. The third kappa shape index (κ3) is 4.42. The number of carbonyl (C=O) groups excluding carboxylic acids is 2. The number of hydrogen-bond donors (Lipinski definition) is 1. The van der Waals surface area contributed by atoms with Crippen molar-refractivity contribution in [3.05, 3.63) is 24.2 Å². The number of likely N-dealkylation sites (tertiary alicyclic amines) is 2. The molecule has 0 saturated carbocycles. The van der Waals surface area contributed by atoms with Gasteiger partial charge in [0.05, 0.1) is 18.8 Å². The molecule has 1 aromatic heterocycles. The van der Waals surface area contributed by atoms with Gasteiger partial charge in [0.15, 0.2) is 0 Å². The first-order chi connectivity index (χ1) is 12.2. The van der Waals surface area contributed by atoms with Gasteiger partial charge in [-0.2, -0.15) is 0 Å². The largest absolute Gasteiger partial charge is 0.467 e. The highest BCUT2D eigenvalue weighted by Crippen LogP contribution is 2.21. The van der Waals surface area contributed by atoms with E-state index in [-0.39, 0.29) is 23.9 Å². The molecule has 1 N–H and O–H groups in total. The van der Waals surface area contributed by atoms with Crippen LogP contribution in [0.25, 0.3) is 0 Å². The Balaban J connectivity index is 1.57. The van der Waals surface area contributed by atoms with Crippen molar-refractivity contribution in [3.8, 4) is 0 Å². The Labute approximate surface area is 149 Å². The number of nitrogens with zero attached hydrogens (tertiary/aromatic N) is 2. The molecule has 3 rings (SSSR count). The lowest BCUT2D eigenvalue weighted by Gasteiger charge is -2.32. The van der Waals surface area contributed by atoms with Gasteiger partial charge < -0.3 is 14.6 Å². The predicted molar refractivity (Wildman–Crippen MR) is 94.8 cm³/mol. The van der Waals surface area contributed by atoms with E-state index in [1.165, 1.54) is 12.8 Å². The maximum atomic E-state index is 13.0. The summed E-state index contributed by atoms with van der Waals surface area (Å²) in [5.41, 5.74) is 0. The zero-order valence-electron chi connectivity index (χ0n) is 15.1. The fourth-order valence-corrected chi connectivity index (χ4v) is 3.89. The molecule has 0 spiro atoms. The Morgan fingerprint density at radius 2 is 1.96 bits per heavy atom. The molecule has 2 saturated heterocycles. The molecule has 2 amide bonds. The lowest BCUT2D eigenvalue weighted by Crippen LogP contribution is -2.52. The fourth-order valence-electron chi connectivity index (χ4n) is 3.89. The van der Waals surface area contributed by atoms with Crippen LogP contribution in [0.4, 0.5) is 0 Å². The van der Waals surface area contributed by atoms with Crippen LogP contribution in [-0.2, 0) is 16.1 Å². The molecule has 0 aliphatic carbocycles. The van der Waals surface area contributed by atoms with E-state index in [0.717, 1.165) is 44.5 Å². The molecule has 2 atom stereocenters. The third-order valence-corrected chi connectivity index (χ3v) is 5.40. The highest BCUT2D eigenvalue weighted by Gasteiger charge is 2.37. The van der Waals surface area contributed by atoms with E-state index in [4.69, 9.17) is 4.42 Å². The Bertz CT molecular complexity index is 564. The summed E-state index contributed by atoms with van der Waals surface area (Å²) in [5.74, 6) is 0.741. The molecule has 0 unspecified atom stereocenters. The molecule has 0 radical (unpaired) electrons. The van der Waals surface area contributed by atoms with Gasteiger partial charge in [0.2, 0.25) is 11.8 Å². The molecule has 2 fully saturated rings. The second kappa shape index (κ2) is 8.52. The van der Waals surface area contributed by atoms with Crippen LogP contribution in [0.15, 0.2) is 22.8 Å². The van der Waals surface area contributed by atoms with E-state index in [0.29, 0.717) is 13.1 Å². The van der Waals surface area contributed by atoms with Crippen LogP contribution in [0.2, 0.25) is 0 Å². The molecule has 138 valence electrons. The van der Waals surface area contributed by atoms with Crippen LogP contribution in [0.1, 0.15) is 51.2 Å². The SMILES string of the molecule is C[C@@H](C(=O)N1CCC[C@@H]1C(=O)NCc1ccco1)N1CCCCCC1. The summed E-state index contributed by atoms with van der Waals surface area (Å²) in [6.07, 6.45) is 8.03. The lowest BCUT2D eigenvalue weighted by molar-refractivity contribution is -0.142. The summed E-state index contributed by atoms with van der Waals surface area (Å²) in [6, 6.07) is 3.14. The number of carbonyl (C=O) groups is 2. The van der Waals surface area contributed by atoms with E-state index in [2.05, 4.69) is 10.2 Å². The summed E-state index contributed by atoms with van der Waals surface area (Å²) in [5, 5.41) is 2.90. The Morgan fingerprint density at radius 1 is 1.20 bits per heavy atom. The van der Waals surface area contributed by atoms with Gasteiger partial charge in [0.1, 0.15) is 11.8 Å². The summed E-state index contributed by atoms with van der Waals surface area (Å²) < 4.78 is 5.25. The van der Waals surface area contributed by atoms with E-state index in [9.17, 15) is 9.59 Å². The predicted octanol–water partition coefficient (Wildman–Crippen LogP) is 2.15. The van der Waals surface area contributed by atoms with Gasteiger partial charge in [0, 0.05) is 6.54 Å². The van der Waals surface area contributed by atoms with Crippen LogP contribution >= 0.6 is 0 Å². The average molecular weight is 347 g/mol. The lowest BCUT2D eigenvalue weighted by atomic mass is 10.1. The van der Waals surface area contributed by atoms with Crippen molar-refractivity contribution in [2.24, 2.45) is 0 Å². The van der Waals surface area contributed by atoms with Crippen LogP contribution < -0.4 is 5.32 Å². The van der Waals surface area contributed by atoms with E-state index in [1.54, 1.807) is 17.2 Å². The summed E-state index contributed by atoms with van der Waals surface area (Å²) in [6.45, 7) is 5.00. The molecular weight excluding hydrogens is 318 g/mol. The summed E-state index contributed by atoms with van der Waals surface area (Å²) in [7, 11) is 0. The van der Waals surface area contributed by atoms with Gasteiger partial charge in [-0.05, 0) is 57.8 Å². The highest BCUT2D eigenvalue weighted by atomic mass is 16.3. The zero-order chi connectivity index (χ0) is 17.6. The number of furan rings is 1. The second-order valence-corrected chi connectivity index (χ2v) is 7.11. The second-order valence-electron chi connectivity index (χ2n) is 7.11. The molecule has 0 aromatic carbocycles. The van der Waals surface area contributed by atoms with Crippen LogP contribution in [-0.4, -0.2) is 53.3 Å². The summed E-state index contributed by atoms with van der Waals surface area (Å²) >= 11 is 0. The van der Waals surface area contributed by atoms with Gasteiger partial charge in [-0.25, -0.2) is 0 Å². The van der Waals surface area contributed by atoms with Gasteiger partial charge >= 0.3 is 0 Å². The summed E-state index contributed by atoms with van der Waals surface area (Å²) in [4.78, 5) is 29.6. The van der Waals surface area contributed by atoms with Crippen LogP contribution in [0, 0.1) is 0 Å². The van der Waals surface area contributed by atoms with Crippen molar-refractivity contribution < 1.29 is 14.0 Å². The average Bonchev–Trinajstić information content (AvgIpc) is 3.25. The van der Waals surface area contributed by atoms with Crippen molar-refractivity contribution in [3.63, 3.8) is 0 Å². The molecular formula is C19H29N3O3. The minimum absolute atomic E-state index is 0.0784. The Morgan fingerprint density at radius 3 is 2.64 bits per heavy atom. The first-order valence-electron chi connectivity index (χ1n) is 9.51. The monoisotopic (exact) mass is 347 g/mol. The molecule has 2 aliphatic heterocycles. The van der Waals surface area contributed by atoms with E-state index < -0.39 is 0 Å². The fraction of sp³-hybridized carbons (Fsp3) is 0.684. The number of rotatable bonds is 5. The topological polar surface area (TPSA) is 65.8 Å².